The Morgan fingerprint density at radius 3 is 2.71 bits per heavy atom. The van der Waals surface area contributed by atoms with Crippen LogP contribution in [0.1, 0.15) is 25.7 Å². The highest BCUT2D eigenvalue weighted by Gasteiger charge is 1.99. The molecule has 0 atom stereocenters. The van der Waals surface area contributed by atoms with Crippen molar-refractivity contribution in [1.29, 1.82) is 0 Å². The van der Waals surface area contributed by atoms with E-state index in [1.54, 1.807) is 12.4 Å². The van der Waals surface area contributed by atoms with E-state index in [-0.39, 0.29) is 5.97 Å². The molecule has 0 saturated carbocycles. The van der Waals surface area contributed by atoms with E-state index in [0.717, 1.165) is 25.8 Å². The van der Waals surface area contributed by atoms with E-state index >= 15 is 0 Å². The lowest BCUT2D eigenvalue weighted by atomic mass is 10.2. The fourth-order valence-corrected chi connectivity index (χ4v) is 1.37. The van der Waals surface area contributed by atoms with E-state index in [1.165, 1.54) is 7.11 Å². The summed E-state index contributed by atoms with van der Waals surface area (Å²) in [5.41, 5.74) is 0. The van der Waals surface area contributed by atoms with Crippen LogP contribution in [-0.4, -0.2) is 29.6 Å². The third kappa shape index (κ3) is 6.06. The van der Waals surface area contributed by atoms with Gasteiger partial charge in [0, 0.05) is 13.0 Å². The van der Waals surface area contributed by atoms with Crippen LogP contribution >= 0.6 is 11.6 Å². The van der Waals surface area contributed by atoms with E-state index in [4.69, 9.17) is 11.6 Å². The second kappa shape index (κ2) is 7.84. The number of anilines is 1. The van der Waals surface area contributed by atoms with Gasteiger partial charge in [0.15, 0.2) is 0 Å². The van der Waals surface area contributed by atoms with Gasteiger partial charge < -0.3 is 10.1 Å². The number of halogens is 1. The summed E-state index contributed by atoms with van der Waals surface area (Å²) in [5.74, 6) is 0.418. The second-order valence-electron chi connectivity index (χ2n) is 3.54. The third-order valence-corrected chi connectivity index (χ3v) is 2.38. The molecule has 1 aromatic heterocycles. The molecular formula is C11H16ClN3O2. The molecule has 1 aromatic rings. The lowest BCUT2D eigenvalue weighted by Gasteiger charge is -2.04. The molecule has 0 unspecified atom stereocenters. The van der Waals surface area contributed by atoms with Gasteiger partial charge in [-0.25, -0.2) is 9.97 Å². The van der Waals surface area contributed by atoms with Crippen molar-refractivity contribution in [3.8, 4) is 0 Å². The van der Waals surface area contributed by atoms with Crippen LogP contribution in [0.2, 0.25) is 5.02 Å². The predicted molar refractivity (Wildman–Crippen MR) is 66.0 cm³/mol. The maximum Gasteiger partial charge on any atom is 0.305 e. The first-order valence-electron chi connectivity index (χ1n) is 5.50. The Morgan fingerprint density at radius 2 is 2.06 bits per heavy atom. The first-order valence-corrected chi connectivity index (χ1v) is 5.88. The van der Waals surface area contributed by atoms with Crippen LogP contribution in [0.4, 0.5) is 5.95 Å². The Hall–Kier alpha value is -1.36. The van der Waals surface area contributed by atoms with Crippen LogP contribution < -0.4 is 5.32 Å². The molecule has 1 heterocycles. The van der Waals surface area contributed by atoms with Crippen LogP contribution in [-0.2, 0) is 9.53 Å². The number of unbranched alkanes of at least 4 members (excludes halogenated alkanes) is 2. The molecule has 0 aliphatic heterocycles. The summed E-state index contributed by atoms with van der Waals surface area (Å²) >= 11 is 5.66. The molecule has 0 bridgehead atoms. The quantitative estimate of drug-likeness (QED) is 0.600. The zero-order valence-corrected chi connectivity index (χ0v) is 10.5. The van der Waals surface area contributed by atoms with Crippen molar-refractivity contribution in [1.82, 2.24) is 9.97 Å². The number of rotatable bonds is 7. The lowest BCUT2D eigenvalue weighted by Crippen LogP contribution is -2.05. The molecule has 6 heteroatoms. The smallest absolute Gasteiger partial charge is 0.305 e. The monoisotopic (exact) mass is 257 g/mol. The molecule has 0 fully saturated rings. The van der Waals surface area contributed by atoms with Crippen molar-refractivity contribution in [3.63, 3.8) is 0 Å². The molecule has 0 saturated heterocycles. The molecule has 1 rings (SSSR count). The molecule has 17 heavy (non-hydrogen) atoms. The van der Waals surface area contributed by atoms with Crippen molar-refractivity contribution in [3.05, 3.63) is 17.4 Å². The summed E-state index contributed by atoms with van der Waals surface area (Å²) in [4.78, 5) is 18.8. The SMILES string of the molecule is COC(=O)CCCCCNc1ncc(Cl)cn1. The van der Waals surface area contributed by atoms with Crippen LogP contribution in [0.15, 0.2) is 12.4 Å². The number of nitrogens with one attached hydrogen (secondary N) is 1. The van der Waals surface area contributed by atoms with Crippen molar-refractivity contribution >= 4 is 23.5 Å². The highest BCUT2D eigenvalue weighted by molar-refractivity contribution is 6.30. The zero-order valence-electron chi connectivity index (χ0n) is 9.78. The van der Waals surface area contributed by atoms with Crippen molar-refractivity contribution in [2.45, 2.75) is 25.7 Å². The fraction of sp³-hybridized carbons (Fsp3) is 0.545. The van der Waals surface area contributed by atoms with E-state index < -0.39 is 0 Å². The predicted octanol–water partition coefficient (Wildman–Crippen LogP) is 2.28. The van der Waals surface area contributed by atoms with Crippen LogP contribution in [0, 0.1) is 0 Å². The topological polar surface area (TPSA) is 64.1 Å². The second-order valence-corrected chi connectivity index (χ2v) is 3.97. The Kier molecular flexibility index (Phi) is 6.32. The minimum Gasteiger partial charge on any atom is -0.469 e. The van der Waals surface area contributed by atoms with Gasteiger partial charge in [0.2, 0.25) is 5.95 Å². The maximum atomic E-state index is 10.8. The van der Waals surface area contributed by atoms with Gasteiger partial charge in [-0.3, -0.25) is 4.79 Å². The van der Waals surface area contributed by atoms with Gasteiger partial charge >= 0.3 is 5.97 Å². The highest BCUT2D eigenvalue weighted by atomic mass is 35.5. The van der Waals surface area contributed by atoms with Crippen molar-refractivity contribution in [2.24, 2.45) is 0 Å². The van der Waals surface area contributed by atoms with Crippen molar-refractivity contribution < 1.29 is 9.53 Å². The number of hydrogen-bond acceptors (Lipinski definition) is 5. The molecular weight excluding hydrogens is 242 g/mol. The summed E-state index contributed by atoms with van der Waals surface area (Å²) in [6, 6.07) is 0. The Labute approximate surface area is 106 Å². The number of methoxy groups -OCH3 is 1. The number of nitrogens with zero attached hydrogens (tertiary/aromatic N) is 2. The first kappa shape index (κ1) is 13.7. The van der Waals surface area contributed by atoms with Gasteiger partial charge in [-0.15, -0.1) is 0 Å². The Balaban J connectivity index is 2.04. The molecule has 0 aromatic carbocycles. The van der Waals surface area contributed by atoms with Crippen molar-refractivity contribution in [2.75, 3.05) is 19.0 Å². The zero-order chi connectivity index (χ0) is 12.5. The number of carbonyl (C=O) groups excluding carboxylic acids is 1. The van der Waals surface area contributed by atoms with Gasteiger partial charge in [-0.2, -0.15) is 0 Å². The highest BCUT2D eigenvalue weighted by Crippen LogP contribution is 2.06. The first-order chi connectivity index (χ1) is 8.22. The summed E-state index contributed by atoms with van der Waals surface area (Å²) in [7, 11) is 1.40. The number of esters is 1. The van der Waals surface area contributed by atoms with Crippen LogP contribution in [0.5, 0.6) is 0 Å². The number of aromatic nitrogens is 2. The van der Waals surface area contributed by atoms with Crippen LogP contribution in [0.3, 0.4) is 0 Å². The maximum absolute atomic E-state index is 10.8. The van der Waals surface area contributed by atoms with E-state index in [0.29, 0.717) is 17.4 Å². The summed E-state index contributed by atoms with van der Waals surface area (Å²) in [6.45, 7) is 0.781. The number of ether oxygens (including phenoxy) is 1. The number of hydrogen-bond donors (Lipinski definition) is 1. The molecule has 0 aliphatic rings. The van der Waals surface area contributed by atoms with E-state index in [9.17, 15) is 4.79 Å². The fourth-order valence-electron chi connectivity index (χ4n) is 1.28. The largest absolute Gasteiger partial charge is 0.469 e. The summed E-state index contributed by atoms with van der Waals surface area (Å²) < 4.78 is 4.55. The van der Waals surface area contributed by atoms with Gasteiger partial charge in [-0.05, 0) is 12.8 Å². The van der Waals surface area contributed by atoms with Gasteiger partial charge in [-0.1, -0.05) is 18.0 Å². The Bertz CT molecular complexity index is 343. The standard InChI is InChI=1S/C11H16ClN3O2/c1-17-10(16)5-3-2-4-6-13-11-14-7-9(12)8-15-11/h7-8H,2-6H2,1H3,(H,13,14,15). The normalized spacial score (nSPS) is 10.0. The molecule has 0 aliphatic carbocycles. The minimum atomic E-state index is -0.154. The summed E-state index contributed by atoms with van der Waals surface area (Å²) in [5, 5.41) is 3.60. The molecule has 0 radical (unpaired) electrons. The molecule has 94 valence electrons. The lowest BCUT2D eigenvalue weighted by molar-refractivity contribution is -0.140. The minimum absolute atomic E-state index is 0.154. The van der Waals surface area contributed by atoms with Gasteiger partial charge in [0.05, 0.1) is 24.5 Å². The molecule has 5 nitrogen and oxygen atoms in total. The summed E-state index contributed by atoms with van der Waals surface area (Å²) in [6.07, 6.45) is 6.35. The molecule has 1 N–H and O–H groups in total. The van der Waals surface area contributed by atoms with E-state index in [1.807, 2.05) is 0 Å². The molecule has 0 amide bonds. The third-order valence-electron chi connectivity index (χ3n) is 2.19. The average Bonchev–Trinajstić information content (AvgIpc) is 2.35. The van der Waals surface area contributed by atoms with Gasteiger partial charge in [0.1, 0.15) is 0 Å². The molecule has 0 spiro atoms. The van der Waals surface area contributed by atoms with Crippen LogP contribution in [0.25, 0.3) is 0 Å². The van der Waals surface area contributed by atoms with Gasteiger partial charge in [0.25, 0.3) is 0 Å². The van der Waals surface area contributed by atoms with E-state index in [2.05, 4.69) is 20.0 Å². The average molecular weight is 258 g/mol. The Morgan fingerprint density at radius 1 is 1.35 bits per heavy atom. The number of carbonyl (C=O) groups is 1.